The Morgan fingerprint density at radius 2 is 1.79 bits per heavy atom. The average molecular weight is 284 g/mol. The Morgan fingerprint density at radius 3 is 2.26 bits per heavy atom. The molecule has 0 N–H and O–H groups in total. The predicted octanol–water partition coefficient (Wildman–Crippen LogP) is 4.26. The highest BCUT2D eigenvalue weighted by molar-refractivity contribution is 6.30. The van der Waals surface area contributed by atoms with E-state index in [0.717, 1.165) is 36.6 Å². The number of rotatable bonds is 6. The summed E-state index contributed by atoms with van der Waals surface area (Å²) in [4.78, 5) is 11.4. The van der Waals surface area contributed by atoms with Crippen LogP contribution in [-0.2, 0) is 6.42 Å². The molecule has 0 aliphatic rings. The summed E-state index contributed by atoms with van der Waals surface area (Å²) in [5.74, 6) is 2.43. The molecule has 0 atom stereocenters. The molecule has 1 heterocycles. The normalized spacial score (nSPS) is 11.4. The van der Waals surface area contributed by atoms with Crippen molar-refractivity contribution in [3.05, 3.63) is 16.5 Å². The third-order valence-corrected chi connectivity index (χ3v) is 3.41. The van der Waals surface area contributed by atoms with Crippen molar-refractivity contribution in [2.24, 2.45) is 5.92 Å². The molecule has 19 heavy (non-hydrogen) atoms. The standard InChI is InChI=1S/C15H26ClN3/c1-7-8-13-17-14(16)12(6)15(18-13)19(11(4)5)9-10(2)3/h10-11H,7-9H2,1-6H3. The van der Waals surface area contributed by atoms with E-state index in [0.29, 0.717) is 17.1 Å². The Morgan fingerprint density at radius 1 is 1.16 bits per heavy atom. The Bertz CT molecular complexity index is 416. The lowest BCUT2D eigenvalue weighted by Crippen LogP contribution is -2.35. The first kappa shape index (κ1) is 16.2. The van der Waals surface area contributed by atoms with Crippen molar-refractivity contribution in [1.82, 2.24) is 9.97 Å². The largest absolute Gasteiger partial charge is 0.354 e. The van der Waals surface area contributed by atoms with Gasteiger partial charge in [0.25, 0.3) is 0 Å². The van der Waals surface area contributed by atoms with E-state index < -0.39 is 0 Å². The SMILES string of the molecule is CCCc1nc(Cl)c(C)c(N(CC(C)C)C(C)C)n1. The molecule has 3 nitrogen and oxygen atoms in total. The zero-order valence-corrected chi connectivity index (χ0v) is 13.8. The molecular weight excluding hydrogens is 258 g/mol. The summed E-state index contributed by atoms with van der Waals surface area (Å²) in [7, 11) is 0. The van der Waals surface area contributed by atoms with Gasteiger partial charge in [-0.25, -0.2) is 9.97 Å². The second-order valence-corrected chi connectivity index (χ2v) is 6.13. The highest BCUT2D eigenvalue weighted by Gasteiger charge is 2.19. The first-order valence-electron chi connectivity index (χ1n) is 7.16. The molecule has 0 aliphatic heterocycles. The zero-order valence-electron chi connectivity index (χ0n) is 13.0. The molecule has 0 saturated carbocycles. The molecule has 1 aromatic heterocycles. The van der Waals surface area contributed by atoms with Crippen molar-refractivity contribution >= 4 is 17.4 Å². The van der Waals surface area contributed by atoms with Gasteiger partial charge in [-0.15, -0.1) is 0 Å². The van der Waals surface area contributed by atoms with Crippen molar-refractivity contribution in [3.63, 3.8) is 0 Å². The van der Waals surface area contributed by atoms with E-state index in [1.807, 2.05) is 6.92 Å². The number of anilines is 1. The fraction of sp³-hybridized carbons (Fsp3) is 0.733. The van der Waals surface area contributed by atoms with E-state index in [2.05, 4.69) is 44.5 Å². The van der Waals surface area contributed by atoms with Gasteiger partial charge in [0.05, 0.1) is 0 Å². The highest BCUT2D eigenvalue weighted by Crippen LogP contribution is 2.26. The molecule has 0 spiro atoms. The summed E-state index contributed by atoms with van der Waals surface area (Å²) < 4.78 is 0. The maximum atomic E-state index is 6.26. The van der Waals surface area contributed by atoms with E-state index in [1.54, 1.807) is 0 Å². The molecule has 0 aromatic carbocycles. The van der Waals surface area contributed by atoms with Crippen LogP contribution in [0, 0.1) is 12.8 Å². The minimum atomic E-state index is 0.404. The molecule has 0 amide bonds. The molecule has 0 radical (unpaired) electrons. The van der Waals surface area contributed by atoms with Crippen LogP contribution in [0.4, 0.5) is 5.82 Å². The Hall–Kier alpha value is -0.830. The van der Waals surface area contributed by atoms with Gasteiger partial charge in [-0.05, 0) is 33.1 Å². The Kier molecular flexibility index (Phi) is 6.05. The van der Waals surface area contributed by atoms with Crippen LogP contribution in [-0.4, -0.2) is 22.6 Å². The monoisotopic (exact) mass is 283 g/mol. The summed E-state index contributed by atoms with van der Waals surface area (Å²) in [6.07, 6.45) is 1.91. The summed E-state index contributed by atoms with van der Waals surface area (Å²) in [5.41, 5.74) is 0.982. The first-order chi connectivity index (χ1) is 8.86. The second kappa shape index (κ2) is 7.09. The van der Waals surface area contributed by atoms with E-state index in [9.17, 15) is 0 Å². The van der Waals surface area contributed by atoms with Crippen LogP contribution in [0.1, 0.15) is 52.4 Å². The van der Waals surface area contributed by atoms with Gasteiger partial charge in [-0.1, -0.05) is 32.4 Å². The first-order valence-corrected chi connectivity index (χ1v) is 7.54. The van der Waals surface area contributed by atoms with Crippen molar-refractivity contribution in [1.29, 1.82) is 0 Å². The molecule has 0 fully saturated rings. The minimum absolute atomic E-state index is 0.404. The second-order valence-electron chi connectivity index (χ2n) is 5.77. The molecular formula is C15H26ClN3. The number of hydrogen-bond acceptors (Lipinski definition) is 3. The molecule has 0 unspecified atom stereocenters. The number of hydrogen-bond donors (Lipinski definition) is 0. The molecule has 108 valence electrons. The highest BCUT2D eigenvalue weighted by atomic mass is 35.5. The Balaban J connectivity index is 3.20. The lowest BCUT2D eigenvalue weighted by molar-refractivity contribution is 0.563. The van der Waals surface area contributed by atoms with Gasteiger partial charge in [0, 0.05) is 24.6 Å². The minimum Gasteiger partial charge on any atom is -0.354 e. The molecule has 1 aromatic rings. The van der Waals surface area contributed by atoms with Crippen LogP contribution >= 0.6 is 11.6 Å². The fourth-order valence-corrected chi connectivity index (χ4v) is 2.25. The molecule has 0 saturated heterocycles. The van der Waals surface area contributed by atoms with Gasteiger partial charge in [0.15, 0.2) is 0 Å². The number of aromatic nitrogens is 2. The van der Waals surface area contributed by atoms with Gasteiger partial charge in [0.1, 0.15) is 16.8 Å². The maximum Gasteiger partial charge on any atom is 0.137 e. The summed E-state index contributed by atoms with van der Waals surface area (Å²) in [5, 5.41) is 0.586. The van der Waals surface area contributed by atoms with Gasteiger partial charge >= 0.3 is 0 Å². The van der Waals surface area contributed by atoms with Crippen LogP contribution in [0.2, 0.25) is 5.15 Å². The predicted molar refractivity (Wildman–Crippen MR) is 83.1 cm³/mol. The lowest BCUT2D eigenvalue weighted by atomic mass is 10.1. The van der Waals surface area contributed by atoms with Crippen molar-refractivity contribution in [2.75, 3.05) is 11.4 Å². The van der Waals surface area contributed by atoms with Crippen molar-refractivity contribution in [3.8, 4) is 0 Å². The van der Waals surface area contributed by atoms with Gasteiger partial charge in [-0.3, -0.25) is 0 Å². The quantitative estimate of drug-likeness (QED) is 0.731. The van der Waals surface area contributed by atoms with Crippen LogP contribution in [0.15, 0.2) is 0 Å². The fourth-order valence-electron chi connectivity index (χ4n) is 2.07. The number of aryl methyl sites for hydroxylation is 1. The smallest absolute Gasteiger partial charge is 0.137 e. The van der Waals surface area contributed by atoms with Gasteiger partial charge < -0.3 is 4.90 Å². The van der Waals surface area contributed by atoms with E-state index in [4.69, 9.17) is 16.6 Å². The lowest BCUT2D eigenvalue weighted by Gasteiger charge is -2.31. The molecule has 4 heteroatoms. The molecule has 0 aliphatic carbocycles. The number of halogens is 1. The third kappa shape index (κ3) is 4.34. The topological polar surface area (TPSA) is 29.0 Å². The van der Waals surface area contributed by atoms with Crippen LogP contribution in [0.25, 0.3) is 0 Å². The molecule has 1 rings (SSSR count). The van der Waals surface area contributed by atoms with Crippen LogP contribution in [0.3, 0.4) is 0 Å². The van der Waals surface area contributed by atoms with E-state index in [1.165, 1.54) is 0 Å². The van der Waals surface area contributed by atoms with Crippen molar-refractivity contribution < 1.29 is 0 Å². The van der Waals surface area contributed by atoms with Crippen molar-refractivity contribution in [2.45, 2.75) is 60.4 Å². The summed E-state index contributed by atoms with van der Waals surface area (Å²) in [6, 6.07) is 0.404. The van der Waals surface area contributed by atoms with Gasteiger partial charge in [0.2, 0.25) is 0 Å². The van der Waals surface area contributed by atoms with Gasteiger partial charge in [-0.2, -0.15) is 0 Å². The van der Waals surface area contributed by atoms with E-state index >= 15 is 0 Å². The average Bonchev–Trinajstić information content (AvgIpc) is 2.30. The van der Waals surface area contributed by atoms with E-state index in [-0.39, 0.29) is 0 Å². The maximum absolute atomic E-state index is 6.26. The summed E-state index contributed by atoms with van der Waals surface area (Å²) >= 11 is 6.26. The Labute approximate surface area is 122 Å². The van der Waals surface area contributed by atoms with Crippen LogP contribution in [0.5, 0.6) is 0 Å². The van der Waals surface area contributed by atoms with Crippen LogP contribution < -0.4 is 4.90 Å². The zero-order chi connectivity index (χ0) is 14.6. The molecule has 0 bridgehead atoms. The summed E-state index contributed by atoms with van der Waals surface area (Å²) in [6.45, 7) is 13.9. The number of nitrogens with zero attached hydrogens (tertiary/aromatic N) is 3. The third-order valence-electron chi connectivity index (χ3n) is 3.04.